The molecule has 2 aromatic carbocycles. The number of ketones is 2. The van der Waals surface area contributed by atoms with E-state index >= 15 is 0 Å². The minimum absolute atomic E-state index is 0.0765. The van der Waals surface area contributed by atoms with Crippen LogP contribution in [0.25, 0.3) is 0 Å². The third-order valence-corrected chi connectivity index (χ3v) is 4.52. The van der Waals surface area contributed by atoms with Crippen LogP contribution in [-0.4, -0.2) is 16.5 Å². The number of nitro benzene ring substituents is 1. The van der Waals surface area contributed by atoms with Crippen LogP contribution in [0.5, 0.6) is 11.5 Å². The predicted molar refractivity (Wildman–Crippen MR) is 103 cm³/mol. The Kier molecular flexibility index (Phi) is 7.36. The lowest BCUT2D eigenvalue weighted by Gasteiger charge is -2.12. The first-order valence-corrected chi connectivity index (χ1v) is 9.10. The normalized spacial score (nSPS) is 12.0. The van der Waals surface area contributed by atoms with Gasteiger partial charge in [-0.1, -0.05) is 11.6 Å². The van der Waals surface area contributed by atoms with Gasteiger partial charge in [0.1, 0.15) is 23.2 Å². The predicted octanol–water partition coefficient (Wildman–Crippen LogP) is 5.75. The van der Waals surface area contributed by atoms with Crippen LogP contribution in [0.1, 0.15) is 35.7 Å². The molecule has 0 amide bonds. The maximum Gasteiger partial charge on any atom is 0.416 e. The van der Waals surface area contributed by atoms with Gasteiger partial charge in [0.25, 0.3) is 5.69 Å². The Labute approximate surface area is 179 Å². The number of halogens is 4. The average molecular weight is 455 g/mol. The molecule has 0 radical (unpaired) electrons. The summed E-state index contributed by atoms with van der Waals surface area (Å²) in [5.74, 6) is -2.36. The van der Waals surface area contributed by atoms with Crippen molar-refractivity contribution in [1.29, 1.82) is 5.26 Å². The summed E-state index contributed by atoms with van der Waals surface area (Å²) in [5.41, 5.74) is -1.86. The van der Waals surface area contributed by atoms with Gasteiger partial charge >= 0.3 is 6.18 Å². The van der Waals surface area contributed by atoms with Crippen LogP contribution in [-0.2, 0) is 11.0 Å². The highest BCUT2D eigenvalue weighted by atomic mass is 35.5. The van der Waals surface area contributed by atoms with E-state index in [0.29, 0.717) is 6.07 Å². The summed E-state index contributed by atoms with van der Waals surface area (Å²) in [5, 5.41) is 19.6. The van der Waals surface area contributed by atoms with E-state index in [4.69, 9.17) is 21.6 Å². The molecular weight excluding hydrogens is 441 g/mol. The lowest BCUT2D eigenvalue weighted by molar-refractivity contribution is -0.385. The third kappa shape index (κ3) is 6.02. The molecule has 11 heteroatoms. The first-order valence-electron chi connectivity index (χ1n) is 8.72. The molecule has 0 aliphatic rings. The number of ether oxygens (including phenoxy) is 1. The summed E-state index contributed by atoms with van der Waals surface area (Å²) in [6.45, 7) is 1.37. The fraction of sp³-hybridized carbons (Fsp3) is 0.250. The molecule has 7 nitrogen and oxygen atoms in total. The fourth-order valence-corrected chi connectivity index (χ4v) is 2.73. The summed E-state index contributed by atoms with van der Waals surface area (Å²) in [4.78, 5) is 34.7. The van der Waals surface area contributed by atoms with E-state index in [9.17, 15) is 32.9 Å². The van der Waals surface area contributed by atoms with E-state index < -0.39 is 39.8 Å². The number of alkyl halides is 3. The van der Waals surface area contributed by atoms with Gasteiger partial charge in [-0.2, -0.15) is 18.4 Å². The smallest absolute Gasteiger partial charge is 0.416 e. The van der Waals surface area contributed by atoms with Gasteiger partial charge in [-0.05, 0) is 37.3 Å². The van der Waals surface area contributed by atoms with Crippen LogP contribution in [0.3, 0.4) is 0 Å². The van der Waals surface area contributed by atoms with Crippen molar-refractivity contribution < 1.29 is 32.4 Å². The molecule has 2 aromatic rings. The van der Waals surface area contributed by atoms with Gasteiger partial charge in [0.15, 0.2) is 5.78 Å². The highest BCUT2D eigenvalue weighted by Crippen LogP contribution is 2.37. The zero-order valence-corrected chi connectivity index (χ0v) is 16.7. The molecule has 0 saturated carbocycles. The van der Waals surface area contributed by atoms with Crippen LogP contribution in [0.2, 0.25) is 5.02 Å². The van der Waals surface area contributed by atoms with E-state index in [1.54, 1.807) is 6.07 Å². The van der Waals surface area contributed by atoms with Crippen LogP contribution in [0.15, 0.2) is 36.4 Å². The summed E-state index contributed by atoms with van der Waals surface area (Å²) in [7, 11) is 0. The maximum absolute atomic E-state index is 12.7. The molecule has 0 saturated heterocycles. The number of nitro groups is 1. The highest BCUT2D eigenvalue weighted by molar-refractivity contribution is 6.32. The Morgan fingerprint density at radius 2 is 1.90 bits per heavy atom. The Hall–Kier alpha value is -3.45. The lowest BCUT2D eigenvalue weighted by atomic mass is 9.99. The van der Waals surface area contributed by atoms with Crippen molar-refractivity contribution in [2.24, 2.45) is 5.92 Å². The summed E-state index contributed by atoms with van der Waals surface area (Å²) >= 11 is 5.83. The SMILES string of the molecule is CC(C#N)C(=O)CCC(=O)c1cc(Oc2ccc(C(F)(F)F)cc2Cl)ccc1[N+](=O)[O-]. The Balaban J connectivity index is 2.29. The Morgan fingerprint density at radius 3 is 2.45 bits per heavy atom. The zero-order chi connectivity index (χ0) is 23.3. The summed E-state index contributed by atoms with van der Waals surface area (Å²) in [6, 6.07) is 7.34. The molecule has 31 heavy (non-hydrogen) atoms. The van der Waals surface area contributed by atoms with Gasteiger partial charge in [0.2, 0.25) is 0 Å². The largest absolute Gasteiger partial charge is 0.456 e. The first-order chi connectivity index (χ1) is 14.4. The van der Waals surface area contributed by atoms with Gasteiger partial charge in [-0.25, -0.2) is 0 Å². The number of nitrogens with zero attached hydrogens (tertiary/aromatic N) is 2. The molecule has 0 fully saturated rings. The molecule has 2 rings (SSSR count). The molecule has 0 spiro atoms. The van der Waals surface area contributed by atoms with Crippen LogP contribution >= 0.6 is 11.6 Å². The second-order valence-corrected chi connectivity index (χ2v) is 6.83. The number of carbonyl (C=O) groups excluding carboxylic acids is 2. The highest BCUT2D eigenvalue weighted by Gasteiger charge is 2.31. The van der Waals surface area contributed by atoms with Crippen molar-refractivity contribution >= 4 is 28.9 Å². The van der Waals surface area contributed by atoms with Crippen molar-refractivity contribution in [3.63, 3.8) is 0 Å². The van der Waals surface area contributed by atoms with Crippen molar-refractivity contribution in [2.75, 3.05) is 0 Å². The average Bonchev–Trinajstić information content (AvgIpc) is 2.71. The lowest BCUT2D eigenvalue weighted by Crippen LogP contribution is -2.12. The van der Waals surface area contributed by atoms with Crippen molar-refractivity contribution in [3.05, 3.63) is 62.7 Å². The molecular formula is C20H14ClF3N2O5. The minimum atomic E-state index is -4.60. The fourth-order valence-electron chi connectivity index (χ4n) is 2.51. The number of hydrogen-bond donors (Lipinski definition) is 0. The van der Waals surface area contributed by atoms with Crippen LogP contribution < -0.4 is 4.74 Å². The van der Waals surface area contributed by atoms with Gasteiger partial charge in [0, 0.05) is 18.9 Å². The third-order valence-electron chi connectivity index (χ3n) is 4.23. The molecule has 1 unspecified atom stereocenters. The van der Waals surface area contributed by atoms with Crippen molar-refractivity contribution in [2.45, 2.75) is 25.9 Å². The number of benzene rings is 2. The second-order valence-electron chi connectivity index (χ2n) is 6.42. The van der Waals surface area contributed by atoms with E-state index in [1.807, 2.05) is 0 Å². The second kappa shape index (κ2) is 9.57. The molecule has 0 N–H and O–H groups in total. The van der Waals surface area contributed by atoms with E-state index in [1.165, 1.54) is 6.92 Å². The van der Waals surface area contributed by atoms with Crippen LogP contribution in [0.4, 0.5) is 18.9 Å². The van der Waals surface area contributed by atoms with E-state index in [0.717, 1.165) is 30.3 Å². The van der Waals surface area contributed by atoms with E-state index in [-0.39, 0.29) is 34.9 Å². The first kappa shape index (κ1) is 23.8. The number of carbonyl (C=O) groups is 2. The molecule has 0 aromatic heterocycles. The molecule has 1 atom stereocenters. The van der Waals surface area contributed by atoms with Crippen molar-refractivity contribution in [1.82, 2.24) is 0 Å². The van der Waals surface area contributed by atoms with Crippen LogP contribution in [0, 0.1) is 27.4 Å². The summed E-state index contributed by atoms with van der Waals surface area (Å²) < 4.78 is 43.6. The number of rotatable bonds is 8. The van der Waals surface area contributed by atoms with E-state index in [2.05, 4.69) is 0 Å². The quantitative estimate of drug-likeness (QED) is 0.285. The molecule has 0 heterocycles. The Bertz CT molecular complexity index is 1080. The van der Waals surface area contributed by atoms with Gasteiger partial charge in [-0.15, -0.1) is 0 Å². The topological polar surface area (TPSA) is 110 Å². The molecule has 0 aliphatic carbocycles. The molecule has 0 bridgehead atoms. The van der Waals surface area contributed by atoms with Gasteiger partial charge in [-0.3, -0.25) is 19.7 Å². The molecule has 0 aliphatic heterocycles. The monoisotopic (exact) mass is 454 g/mol. The molecule has 162 valence electrons. The number of hydrogen-bond acceptors (Lipinski definition) is 6. The zero-order valence-electron chi connectivity index (χ0n) is 15.9. The van der Waals surface area contributed by atoms with Gasteiger partial charge < -0.3 is 4.74 Å². The summed E-state index contributed by atoms with van der Waals surface area (Å²) in [6.07, 6.45) is -5.24. The Morgan fingerprint density at radius 1 is 1.23 bits per heavy atom. The maximum atomic E-state index is 12.7. The number of Topliss-reactive ketones (excluding diaryl/α,β-unsaturated/α-hetero) is 2. The van der Waals surface area contributed by atoms with Crippen molar-refractivity contribution in [3.8, 4) is 17.6 Å². The standard InChI is InChI=1S/C20H14ClF3N2O5/c1-11(10-25)17(27)5-6-18(28)14-9-13(3-4-16(14)26(29)30)31-19-7-2-12(8-15(19)21)20(22,23)24/h2-4,7-9,11H,5-6H2,1H3. The number of nitriles is 1. The minimum Gasteiger partial charge on any atom is -0.456 e. The van der Waals surface area contributed by atoms with Gasteiger partial charge in [0.05, 0.1) is 27.1 Å².